The van der Waals surface area contributed by atoms with Crippen LogP contribution in [0.15, 0.2) is 0 Å². The molecule has 4 saturated heterocycles. The lowest BCUT2D eigenvalue weighted by Crippen LogP contribution is -2.52. The third kappa shape index (κ3) is 4.66. The highest BCUT2D eigenvalue weighted by molar-refractivity contribution is 7.88. The maximum atomic E-state index is 11.3. The fraction of sp³-hybridized carbons (Fsp3) is 0.875. The monoisotopic (exact) mass is 436 g/mol. The van der Waals surface area contributed by atoms with Crippen LogP contribution in [0.5, 0.6) is 0 Å². The zero-order chi connectivity index (χ0) is 20.7. The van der Waals surface area contributed by atoms with Gasteiger partial charge in [-0.05, 0) is 12.8 Å². The second-order valence-corrected chi connectivity index (χ2v) is 11.8. The summed E-state index contributed by atoms with van der Waals surface area (Å²) >= 11 is 0. The zero-order valence-corrected chi connectivity index (χ0v) is 17.9. The van der Waals surface area contributed by atoms with E-state index in [4.69, 9.17) is 0 Å². The van der Waals surface area contributed by atoms with Gasteiger partial charge in [-0.25, -0.2) is 16.8 Å². The van der Waals surface area contributed by atoms with Crippen molar-refractivity contribution in [3.05, 3.63) is 0 Å². The summed E-state index contributed by atoms with van der Waals surface area (Å²) < 4.78 is 48.0. The van der Waals surface area contributed by atoms with Crippen LogP contribution in [0.1, 0.15) is 25.7 Å². The molecule has 0 saturated carbocycles. The molecule has 28 heavy (non-hydrogen) atoms. The van der Waals surface area contributed by atoms with E-state index in [1.165, 1.54) is 21.1 Å². The van der Waals surface area contributed by atoms with E-state index in [2.05, 4.69) is 0 Å². The highest BCUT2D eigenvalue weighted by atomic mass is 32.2. The van der Waals surface area contributed by atoms with Gasteiger partial charge in [0.2, 0.25) is 31.9 Å². The van der Waals surface area contributed by atoms with E-state index in [1.54, 1.807) is 0 Å². The largest absolute Gasteiger partial charge is 0.337 e. The molecule has 0 N–H and O–H groups in total. The minimum atomic E-state index is -3.09. The van der Waals surface area contributed by atoms with Crippen LogP contribution in [-0.4, -0.2) is 111 Å². The van der Waals surface area contributed by atoms with Crippen molar-refractivity contribution in [3.8, 4) is 0 Å². The third-order valence-corrected chi connectivity index (χ3v) is 8.39. The number of hydrogen-bond donors (Lipinski definition) is 0. The first kappa shape index (κ1) is 21.5. The molecule has 4 aliphatic heterocycles. The molecule has 0 aromatic carbocycles. The SMILES string of the molecule is CS(=O)(=O)N1CCN2C(=O)CCC2C1.CS(=O)(=O)N1CCN2C(=O)CC[C@H]2C1. The van der Waals surface area contributed by atoms with Crippen molar-refractivity contribution >= 4 is 31.9 Å². The van der Waals surface area contributed by atoms with Gasteiger partial charge in [-0.3, -0.25) is 9.59 Å². The first-order valence-corrected chi connectivity index (χ1v) is 13.2. The van der Waals surface area contributed by atoms with Gasteiger partial charge in [0.1, 0.15) is 0 Å². The van der Waals surface area contributed by atoms with Crippen LogP contribution in [0, 0.1) is 0 Å². The lowest BCUT2D eigenvalue weighted by Gasteiger charge is -2.36. The van der Waals surface area contributed by atoms with E-state index in [-0.39, 0.29) is 23.9 Å². The molecule has 2 amide bonds. The van der Waals surface area contributed by atoms with Crippen molar-refractivity contribution in [1.82, 2.24) is 18.4 Å². The number of amides is 2. The first-order valence-electron chi connectivity index (χ1n) is 9.46. The van der Waals surface area contributed by atoms with Crippen LogP contribution >= 0.6 is 0 Å². The van der Waals surface area contributed by atoms with E-state index < -0.39 is 20.0 Å². The topological polar surface area (TPSA) is 115 Å². The molecular formula is C16H28N4O6S2. The van der Waals surface area contributed by atoms with Gasteiger partial charge < -0.3 is 9.80 Å². The molecular weight excluding hydrogens is 408 g/mol. The lowest BCUT2D eigenvalue weighted by molar-refractivity contribution is -0.130. The molecule has 4 rings (SSSR count). The highest BCUT2D eigenvalue weighted by Gasteiger charge is 2.38. The predicted molar refractivity (Wildman–Crippen MR) is 102 cm³/mol. The Labute approximate surface area is 166 Å². The minimum absolute atomic E-state index is 0.117. The predicted octanol–water partition coefficient (Wildman–Crippen LogP) is -1.49. The molecule has 0 spiro atoms. The Morgan fingerprint density at radius 1 is 0.679 bits per heavy atom. The molecule has 0 aliphatic carbocycles. The Morgan fingerprint density at radius 3 is 1.36 bits per heavy atom. The Kier molecular flexibility index (Phi) is 6.04. The standard InChI is InChI=1S/2C8H14N2O3S/c2*1-14(12,13)9-4-5-10-7(6-9)2-3-8(10)11/h2*7H,2-6H2,1H3/t7-;/m0./s1. The number of nitrogens with zero attached hydrogens (tertiary/aromatic N) is 4. The van der Waals surface area contributed by atoms with Gasteiger partial charge in [-0.2, -0.15) is 8.61 Å². The second-order valence-electron chi connectivity index (χ2n) is 7.80. The molecule has 2 atom stereocenters. The van der Waals surface area contributed by atoms with Crippen molar-refractivity contribution in [2.75, 3.05) is 51.8 Å². The van der Waals surface area contributed by atoms with Gasteiger partial charge >= 0.3 is 0 Å². The fourth-order valence-corrected chi connectivity index (χ4v) is 5.99. The van der Waals surface area contributed by atoms with Crippen LogP contribution in [0.4, 0.5) is 0 Å². The van der Waals surface area contributed by atoms with E-state index in [0.29, 0.717) is 52.1 Å². The van der Waals surface area contributed by atoms with E-state index in [0.717, 1.165) is 12.8 Å². The highest BCUT2D eigenvalue weighted by Crippen LogP contribution is 2.24. The molecule has 4 aliphatic rings. The van der Waals surface area contributed by atoms with Gasteiger partial charge in [-0.15, -0.1) is 0 Å². The summed E-state index contributed by atoms with van der Waals surface area (Å²) in [7, 11) is -6.17. The molecule has 12 heteroatoms. The van der Waals surface area contributed by atoms with Crippen LogP contribution < -0.4 is 0 Å². The number of carbonyl (C=O) groups excluding carboxylic acids is 2. The number of rotatable bonds is 2. The van der Waals surface area contributed by atoms with Crippen LogP contribution in [0.3, 0.4) is 0 Å². The van der Waals surface area contributed by atoms with Crippen LogP contribution in [0.2, 0.25) is 0 Å². The van der Waals surface area contributed by atoms with Gasteiger partial charge in [0.05, 0.1) is 12.5 Å². The molecule has 10 nitrogen and oxygen atoms in total. The first-order chi connectivity index (χ1) is 13.0. The van der Waals surface area contributed by atoms with Crippen molar-refractivity contribution in [1.29, 1.82) is 0 Å². The van der Waals surface area contributed by atoms with Gasteiger partial charge in [0.15, 0.2) is 0 Å². The maximum Gasteiger partial charge on any atom is 0.222 e. The van der Waals surface area contributed by atoms with Crippen molar-refractivity contribution in [2.24, 2.45) is 0 Å². The van der Waals surface area contributed by atoms with Gasteiger partial charge in [0, 0.05) is 64.2 Å². The molecule has 1 unspecified atom stereocenters. The number of fused-ring (bicyclic) bond motifs is 2. The number of carbonyl (C=O) groups is 2. The van der Waals surface area contributed by atoms with Crippen molar-refractivity contribution in [3.63, 3.8) is 0 Å². The molecule has 0 radical (unpaired) electrons. The average molecular weight is 437 g/mol. The quantitative estimate of drug-likeness (QED) is 0.521. The molecule has 0 aromatic rings. The normalized spacial score (nSPS) is 29.4. The lowest BCUT2D eigenvalue weighted by atomic mass is 10.2. The molecule has 4 fully saturated rings. The van der Waals surface area contributed by atoms with Crippen LogP contribution in [-0.2, 0) is 29.6 Å². The molecule has 0 bridgehead atoms. The van der Waals surface area contributed by atoms with E-state index >= 15 is 0 Å². The molecule has 4 heterocycles. The molecule has 160 valence electrons. The van der Waals surface area contributed by atoms with Gasteiger partial charge in [-0.1, -0.05) is 0 Å². The summed E-state index contributed by atoms with van der Waals surface area (Å²) in [6, 6.07) is 0.233. The zero-order valence-electron chi connectivity index (χ0n) is 16.3. The summed E-state index contributed by atoms with van der Waals surface area (Å²) in [5.74, 6) is 0.339. The number of hydrogen-bond acceptors (Lipinski definition) is 6. The van der Waals surface area contributed by atoms with Crippen molar-refractivity contribution < 1.29 is 26.4 Å². The summed E-state index contributed by atoms with van der Waals surface area (Å²) in [4.78, 5) is 26.3. The smallest absolute Gasteiger partial charge is 0.222 e. The van der Waals surface area contributed by atoms with E-state index in [9.17, 15) is 26.4 Å². The maximum absolute atomic E-state index is 11.3. The Balaban J connectivity index is 0.000000161. The Bertz CT molecular complexity index is 773. The van der Waals surface area contributed by atoms with Crippen LogP contribution in [0.25, 0.3) is 0 Å². The van der Waals surface area contributed by atoms with E-state index in [1.807, 2.05) is 9.80 Å². The molecule has 0 aromatic heterocycles. The minimum Gasteiger partial charge on any atom is -0.337 e. The summed E-state index contributed by atoms with van der Waals surface area (Å²) in [5, 5.41) is 0. The Hall–Kier alpha value is -1.24. The average Bonchev–Trinajstić information content (AvgIpc) is 3.17. The Morgan fingerprint density at radius 2 is 1.04 bits per heavy atom. The number of piperazine rings is 2. The fourth-order valence-electron chi connectivity index (χ4n) is 4.27. The second kappa shape index (κ2) is 7.88. The van der Waals surface area contributed by atoms with Crippen molar-refractivity contribution in [2.45, 2.75) is 37.8 Å². The summed E-state index contributed by atoms with van der Waals surface area (Å²) in [6.45, 7) is 2.95. The number of sulfonamides is 2. The van der Waals surface area contributed by atoms with Gasteiger partial charge in [0.25, 0.3) is 0 Å². The summed E-state index contributed by atoms with van der Waals surface area (Å²) in [6.07, 6.45) is 5.18. The summed E-state index contributed by atoms with van der Waals surface area (Å²) in [5.41, 5.74) is 0. The third-order valence-electron chi connectivity index (χ3n) is 5.85.